The van der Waals surface area contributed by atoms with Gasteiger partial charge in [0.2, 0.25) is 11.8 Å². The lowest BCUT2D eigenvalue weighted by atomic mass is 10.0. The highest BCUT2D eigenvalue weighted by molar-refractivity contribution is 7.92. The zero-order valence-corrected chi connectivity index (χ0v) is 25.9. The Morgan fingerprint density at radius 1 is 0.878 bits per heavy atom. The highest BCUT2D eigenvalue weighted by Gasteiger charge is 2.33. The summed E-state index contributed by atoms with van der Waals surface area (Å²) in [6.45, 7) is 12.1. The number of carbonyl (C=O) groups excluding carboxylic acids is 2. The monoisotopic (exact) mass is 577 g/mol. The van der Waals surface area contributed by atoms with Crippen LogP contribution >= 0.6 is 0 Å². The van der Waals surface area contributed by atoms with Gasteiger partial charge in [0.25, 0.3) is 10.0 Å². The van der Waals surface area contributed by atoms with E-state index in [-0.39, 0.29) is 23.3 Å². The molecule has 0 fully saturated rings. The standard InChI is InChI=1S/C33H43N3O4S/c1-7-20-34-33(38)31(8-2)35(22-27-11-9-10-26(6)21-27)32(37)23-36(29-16-14-28(15-17-29)24(3)4)41(39,40)30-18-12-25(5)13-19-30/h9-19,21,24,31H,7-8,20,22-23H2,1-6H3,(H,34,38)/t31-/m0/s1. The fourth-order valence-corrected chi connectivity index (χ4v) is 6.10. The number of carbonyl (C=O) groups is 2. The lowest BCUT2D eigenvalue weighted by Gasteiger charge is -2.33. The summed E-state index contributed by atoms with van der Waals surface area (Å²) in [5, 5.41) is 2.91. The molecule has 0 spiro atoms. The fourth-order valence-electron chi connectivity index (χ4n) is 4.68. The molecular weight excluding hydrogens is 534 g/mol. The van der Waals surface area contributed by atoms with Crippen LogP contribution in [0.5, 0.6) is 0 Å². The summed E-state index contributed by atoms with van der Waals surface area (Å²) < 4.78 is 29.2. The Bertz CT molecular complexity index is 1420. The van der Waals surface area contributed by atoms with E-state index in [4.69, 9.17) is 0 Å². The Kier molecular flexibility index (Phi) is 11.1. The molecule has 2 amide bonds. The molecule has 8 heteroatoms. The van der Waals surface area contributed by atoms with Crippen LogP contribution in [0.4, 0.5) is 5.69 Å². The van der Waals surface area contributed by atoms with Gasteiger partial charge >= 0.3 is 0 Å². The molecule has 0 heterocycles. The van der Waals surface area contributed by atoms with Gasteiger partial charge in [-0.2, -0.15) is 0 Å². The largest absolute Gasteiger partial charge is 0.354 e. The van der Waals surface area contributed by atoms with Crippen LogP contribution in [0.15, 0.2) is 77.7 Å². The number of nitrogens with one attached hydrogen (secondary N) is 1. The van der Waals surface area contributed by atoms with Crippen molar-refractivity contribution in [2.24, 2.45) is 0 Å². The van der Waals surface area contributed by atoms with Crippen LogP contribution in [0, 0.1) is 13.8 Å². The minimum atomic E-state index is -4.09. The first-order valence-corrected chi connectivity index (χ1v) is 15.7. The SMILES string of the molecule is CCCNC(=O)[C@H](CC)N(Cc1cccc(C)c1)C(=O)CN(c1ccc(C(C)C)cc1)S(=O)(=O)c1ccc(C)cc1. The van der Waals surface area contributed by atoms with Crippen molar-refractivity contribution in [3.8, 4) is 0 Å². The molecule has 220 valence electrons. The van der Waals surface area contributed by atoms with E-state index in [0.717, 1.165) is 33.0 Å². The van der Waals surface area contributed by atoms with Gasteiger partial charge in [0.15, 0.2) is 0 Å². The quantitative estimate of drug-likeness (QED) is 0.272. The minimum absolute atomic E-state index is 0.0989. The second kappa shape index (κ2) is 14.3. The van der Waals surface area contributed by atoms with Crippen molar-refractivity contribution in [3.05, 3.63) is 95.1 Å². The number of aryl methyl sites for hydroxylation is 2. The van der Waals surface area contributed by atoms with Crippen molar-refractivity contribution in [2.75, 3.05) is 17.4 Å². The van der Waals surface area contributed by atoms with E-state index in [1.54, 1.807) is 36.4 Å². The van der Waals surface area contributed by atoms with Gasteiger partial charge in [0.1, 0.15) is 12.6 Å². The van der Waals surface area contributed by atoms with E-state index < -0.39 is 28.5 Å². The van der Waals surface area contributed by atoms with Gasteiger partial charge in [0, 0.05) is 13.1 Å². The average Bonchev–Trinajstić information content (AvgIpc) is 2.94. The number of rotatable bonds is 13. The normalized spacial score (nSPS) is 12.2. The van der Waals surface area contributed by atoms with E-state index in [0.29, 0.717) is 18.7 Å². The van der Waals surface area contributed by atoms with Gasteiger partial charge in [-0.05, 0) is 68.0 Å². The molecule has 3 aromatic rings. The van der Waals surface area contributed by atoms with Gasteiger partial charge in [-0.1, -0.05) is 87.4 Å². The molecule has 3 rings (SSSR count). The number of anilines is 1. The number of sulfonamides is 1. The van der Waals surface area contributed by atoms with E-state index in [2.05, 4.69) is 19.2 Å². The van der Waals surface area contributed by atoms with Gasteiger partial charge in [-0.15, -0.1) is 0 Å². The molecule has 1 N–H and O–H groups in total. The van der Waals surface area contributed by atoms with E-state index in [1.807, 2.05) is 64.1 Å². The fraction of sp³-hybridized carbons (Fsp3) is 0.394. The highest BCUT2D eigenvalue weighted by atomic mass is 32.2. The first kappa shape index (κ1) is 31.9. The summed E-state index contributed by atoms with van der Waals surface area (Å²) in [6, 6.07) is 20.9. The molecule has 7 nitrogen and oxygen atoms in total. The van der Waals surface area contributed by atoms with Gasteiger partial charge in [0.05, 0.1) is 10.6 Å². The van der Waals surface area contributed by atoms with Gasteiger partial charge < -0.3 is 10.2 Å². The van der Waals surface area contributed by atoms with Crippen LogP contribution in [0.2, 0.25) is 0 Å². The maximum atomic E-state index is 14.1. The molecule has 0 radical (unpaired) electrons. The van der Waals surface area contributed by atoms with Gasteiger partial charge in [-0.25, -0.2) is 8.42 Å². The summed E-state index contributed by atoms with van der Waals surface area (Å²) in [7, 11) is -4.09. The third-order valence-corrected chi connectivity index (χ3v) is 8.89. The maximum Gasteiger partial charge on any atom is 0.264 e. The Balaban J connectivity index is 2.07. The highest BCUT2D eigenvalue weighted by Crippen LogP contribution is 2.27. The summed E-state index contributed by atoms with van der Waals surface area (Å²) in [6.07, 6.45) is 1.16. The molecule has 0 unspecified atom stereocenters. The molecule has 1 atom stereocenters. The van der Waals surface area contributed by atoms with Crippen LogP contribution in [0.3, 0.4) is 0 Å². The zero-order chi connectivity index (χ0) is 30.2. The summed E-state index contributed by atoms with van der Waals surface area (Å²) in [5.41, 5.74) is 4.29. The first-order valence-electron chi connectivity index (χ1n) is 14.3. The lowest BCUT2D eigenvalue weighted by molar-refractivity contribution is -0.140. The van der Waals surface area contributed by atoms with Crippen molar-refractivity contribution in [1.29, 1.82) is 0 Å². The molecule has 41 heavy (non-hydrogen) atoms. The topological polar surface area (TPSA) is 86.8 Å². The van der Waals surface area contributed by atoms with E-state index in [1.165, 1.54) is 4.90 Å². The summed E-state index contributed by atoms with van der Waals surface area (Å²) in [4.78, 5) is 29.0. The molecular formula is C33H43N3O4S. The minimum Gasteiger partial charge on any atom is -0.354 e. The van der Waals surface area contributed by atoms with Crippen molar-refractivity contribution >= 4 is 27.5 Å². The second-order valence-electron chi connectivity index (χ2n) is 10.8. The molecule has 0 saturated carbocycles. The van der Waals surface area contributed by atoms with Crippen molar-refractivity contribution in [2.45, 2.75) is 77.8 Å². The van der Waals surface area contributed by atoms with Crippen molar-refractivity contribution < 1.29 is 18.0 Å². The maximum absolute atomic E-state index is 14.1. The number of hydrogen-bond acceptors (Lipinski definition) is 4. The number of hydrogen-bond donors (Lipinski definition) is 1. The zero-order valence-electron chi connectivity index (χ0n) is 25.1. The Labute approximate surface area is 245 Å². The van der Waals surface area contributed by atoms with Crippen LogP contribution in [0.1, 0.15) is 68.7 Å². The predicted molar refractivity (Wildman–Crippen MR) is 165 cm³/mol. The first-order chi connectivity index (χ1) is 19.5. The number of amides is 2. The van der Waals surface area contributed by atoms with Crippen LogP contribution in [0.25, 0.3) is 0 Å². The molecule has 0 saturated heterocycles. The Hall–Kier alpha value is -3.65. The molecule has 0 aromatic heterocycles. The number of nitrogens with zero attached hydrogens (tertiary/aromatic N) is 2. The number of benzene rings is 3. The Morgan fingerprint density at radius 3 is 2.10 bits per heavy atom. The molecule has 0 aliphatic rings. The predicted octanol–water partition coefficient (Wildman–Crippen LogP) is 5.96. The molecule has 3 aromatic carbocycles. The van der Waals surface area contributed by atoms with Crippen LogP contribution in [-0.4, -0.2) is 44.3 Å². The van der Waals surface area contributed by atoms with Gasteiger partial charge in [-0.3, -0.25) is 13.9 Å². The third-order valence-electron chi connectivity index (χ3n) is 7.11. The van der Waals surface area contributed by atoms with E-state index in [9.17, 15) is 18.0 Å². The Morgan fingerprint density at radius 2 is 1.54 bits per heavy atom. The smallest absolute Gasteiger partial charge is 0.264 e. The average molecular weight is 578 g/mol. The second-order valence-corrected chi connectivity index (χ2v) is 12.7. The summed E-state index contributed by atoms with van der Waals surface area (Å²) in [5.74, 6) is -0.428. The van der Waals surface area contributed by atoms with Crippen LogP contribution in [-0.2, 0) is 26.2 Å². The third kappa shape index (κ3) is 8.19. The van der Waals surface area contributed by atoms with Crippen molar-refractivity contribution in [3.63, 3.8) is 0 Å². The van der Waals surface area contributed by atoms with E-state index >= 15 is 0 Å². The lowest BCUT2D eigenvalue weighted by Crippen LogP contribution is -2.52. The van der Waals surface area contributed by atoms with Crippen molar-refractivity contribution in [1.82, 2.24) is 10.2 Å². The van der Waals surface area contributed by atoms with Crippen LogP contribution < -0.4 is 9.62 Å². The molecule has 0 aliphatic carbocycles. The molecule has 0 bridgehead atoms. The molecule has 0 aliphatic heterocycles. The summed E-state index contributed by atoms with van der Waals surface area (Å²) >= 11 is 0.